The van der Waals surface area contributed by atoms with E-state index >= 15 is 0 Å². The molecule has 2 amide bonds. The zero-order chi connectivity index (χ0) is 33.4. The number of rotatable bonds is 5. The molecule has 0 unspecified atom stereocenters. The topological polar surface area (TPSA) is 133 Å². The number of nitrogens with zero attached hydrogens (tertiary/aromatic N) is 5. The Bertz CT molecular complexity index is 2530. The summed E-state index contributed by atoms with van der Waals surface area (Å²) in [6, 6.07) is 31.6. The maximum absolute atomic E-state index is 14.0. The molecule has 1 aliphatic rings. The largest absolute Gasteiger partial charge is 0.268 e. The molecule has 7 rings (SSSR count). The van der Waals surface area contributed by atoms with E-state index in [2.05, 4.69) is 0 Å². The predicted molar refractivity (Wildman–Crippen MR) is 192 cm³/mol. The van der Waals surface area contributed by atoms with Gasteiger partial charge in [0.1, 0.15) is 35.4 Å². The fourth-order valence-corrected chi connectivity index (χ4v) is 10.5. The smallest absolute Gasteiger partial charge is 0.267 e. The van der Waals surface area contributed by atoms with Gasteiger partial charge < -0.3 is 0 Å². The second-order valence-corrected chi connectivity index (χ2v) is 15.6. The fraction of sp³-hybridized carbons (Fsp3) is 0. The summed E-state index contributed by atoms with van der Waals surface area (Å²) in [6.07, 6.45) is 3.94. The van der Waals surface area contributed by atoms with Crippen molar-refractivity contribution in [3.63, 3.8) is 0 Å². The first-order chi connectivity index (χ1) is 23.4. The summed E-state index contributed by atoms with van der Waals surface area (Å²) < 4.78 is 2.98. The van der Waals surface area contributed by atoms with Gasteiger partial charge in [0.05, 0.1) is 35.6 Å². The van der Waals surface area contributed by atoms with Crippen LogP contribution in [0.3, 0.4) is 0 Å². The van der Waals surface area contributed by atoms with Gasteiger partial charge in [-0.3, -0.25) is 9.59 Å². The van der Waals surface area contributed by atoms with E-state index in [1.54, 1.807) is 36.4 Å². The molecule has 6 heterocycles. The zero-order valence-electron chi connectivity index (χ0n) is 24.3. The molecule has 12 heteroatoms. The summed E-state index contributed by atoms with van der Waals surface area (Å²) in [6.45, 7) is 0. The van der Waals surface area contributed by atoms with Crippen molar-refractivity contribution >= 4 is 97.5 Å². The van der Waals surface area contributed by atoms with E-state index < -0.39 is 0 Å². The molecular weight excluding hydrogens is 695 g/mol. The van der Waals surface area contributed by atoms with E-state index in [-0.39, 0.29) is 23.0 Å². The average Bonchev–Trinajstić information content (AvgIpc) is 3.95. The molecule has 0 saturated carbocycles. The number of anilines is 1. The van der Waals surface area contributed by atoms with Crippen molar-refractivity contribution in [1.82, 2.24) is 0 Å². The predicted octanol–water partition coefficient (Wildman–Crippen LogP) is 6.18. The van der Waals surface area contributed by atoms with Gasteiger partial charge >= 0.3 is 0 Å². The van der Waals surface area contributed by atoms with Gasteiger partial charge in [0, 0.05) is 28.6 Å². The molecule has 226 valence electrons. The van der Waals surface area contributed by atoms with E-state index in [0.717, 1.165) is 38.3 Å². The van der Waals surface area contributed by atoms with E-state index in [1.807, 2.05) is 78.9 Å². The first kappa shape index (κ1) is 30.9. The van der Waals surface area contributed by atoms with Crippen LogP contribution in [0.5, 0.6) is 0 Å². The quantitative estimate of drug-likeness (QED) is 0.196. The lowest BCUT2D eigenvalue weighted by Crippen LogP contribution is -2.29. The van der Waals surface area contributed by atoms with Gasteiger partial charge in [-0.1, -0.05) is 18.2 Å². The van der Waals surface area contributed by atoms with Crippen molar-refractivity contribution in [3.05, 3.63) is 118 Å². The van der Waals surface area contributed by atoms with Gasteiger partial charge in [-0.2, -0.15) is 21.0 Å². The number of imide groups is 1. The fourth-order valence-electron chi connectivity index (χ4n) is 5.10. The van der Waals surface area contributed by atoms with E-state index in [1.165, 1.54) is 61.6 Å². The Balaban J connectivity index is 1.33. The minimum Gasteiger partial charge on any atom is -0.268 e. The number of carbonyl (C=O) groups excluding carboxylic acids is 2. The third-order valence-corrected chi connectivity index (χ3v) is 12.9. The molecule has 48 heavy (non-hydrogen) atoms. The van der Waals surface area contributed by atoms with Gasteiger partial charge in [0.25, 0.3) is 11.8 Å². The van der Waals surface area contributed by atoms with Crippen molar-refractivity contribution in [2.24, 2.45) is 0 Å². The molecule has 1 aromatic carbocycles. The second-order valence-electron chi connectivity index (χ2n) is 10.1. The standard InChI is InChI=1S/C36H15N5O2S5/c37-16-20(17-38)27-10-6-23(44-27)14-25-8-12-29(46-25)33-31-32(36(43)41(35(31)42)22-4-2-1-3-5-22)34(48-33)30-13-9-26(47-30)15-24-7-11-28(45-24)21(18-39)19-40/h1-15H/b23-14-,24-15-. The minimum absolute atomic E-state index is 0.0689. The van der Waals surface area contributed by atoms with Crippen LogP contribution in [0, 0.1) is 45.3 Å². The molecule has 5 aromatic heterocycles. The van der Waals surface area contributed by atoms with Gasteiger partial charge in [-0.05, 0) is 72.8 Å². The van der Waals surface area contributed by atoms with Crippen molar-refractivity contribution in [1.29, 1.82) is 21.0 Å². The van der Waals surface area contributed by atoms with Gasteiger partial charge in [-0.15, -0.1) is 56.7 Å². The molecule has 6 aromatic rings. The van der Waals surface area contributed by atoms with E-state index in [0.29, 0.717) is 25.9 Å². The molecule has 1 aliphatic heterocycles. The van der Waals surface area contributed by atoms with Crippen LogP contribution >= 0.6 is 56.7 Å². The number of hydrogen-bond donors (Lipinski definition) is 0. The highest BCUT2D eigenvalue weighted by atomic mass is 32.1. The molecule has 7 nitrogen and oxygen atoms in total. The highest BCUT2D eigenvalue weighted by Crippen LogP contribution is 2.50. The molecule has 0 radical (unpaired) electrons. The third-order valence-electron chi connectivity index (χ3n) is 7.22. The van der Waals surface area contributed by atoms with E-state index in [9.17, 15) is 30.6 Å². The van der Waals surface area contributed by atoms with Gasteiger partial charge in [0.15, 0.2) is 0 Å². The lowest BCUT2D eigenvalue weighted by molar-refractivity contribution is 0.0926. The molecular formula is C36H15N5O2S5. The van der Waals surface area contributed by atoms with Gasteiger partial charge in [0.2, 0.25) is 0 Å². The summed E-state index contributed by atoms with van der Waals surface area (Å²) in [5.74, 6) is -0.735. The number of para-hydroxylation sites is 1. The summed E-state index contributed by atoms with van der Waals surface area (Å²) in [5.41, 5.74) is 1.41. The number of benzene rings is 1. The monoisotopic (exact) mass is 709 g/mol. The van der Waals surface area contributed by atoms with Crippen LogP contribution in [0.15, 0.2) is 78.9 Å². The van der Waals surface area contributed by atoms with Crippen molar-refractivity contribution in [3.8, 4) is 43.8 Å². The Morgan fingerprint density at radius 2 is 1.00 bits per heavy atom. The van der Waals surface area contributed by atoms with Crippen LogP contribution in [0.4, 0.5) is 5.69 Å². The molecule has 0 bridgehead atoms. The van der Waals surface area contributed by atoms with Gasteiger partial charge in [-0.25, -0.2) is 4.90 Å². The second kappa shape index (κ2) is 12.8. The molecule has 0 aliphatic carbocycles. The van der Waals surface area contributed by atoms with Crippen molar-refractivity contribution < 1.29 is 9.59 Å². The highest BCUT2D eigenvalue weighted by molar-refractivity contribution is 7.27. The Kier molecular flexibility index (Phi) is 8.27. The van der Waals surface area contributed by atoms with Crippen LogP contribution in [0.2, 0.25) is 0 Å². The summed E-state index contributed by atoms with van der Waals surface area (Å²) in [4.78, 5) is 34.3. The number of fused-ring (bicyclic) bond motifs is 1. The molecule has 0 spiro atoms. The number of hydrogen-bond acceptors (Lipinski definition) is 11. The van der Waals surface area contributed by atoms with Crippen molar-refractivity contribution in [2.75, 3.05) is 4.90 Å². The lowest BCUT2D eigenvalue weighted by Gasteiger charge is -2.14. The number of amides is 2. The maximum Gasteiger partial charge on any atom is 0.267 e. The molecule has 0 saturated heterocycles. The van der Waals surface area contributed by atoms with Crippen LogP contribution in [-0.4, -0.2) is 11.8 Å². The lowest BCUT2D eigenvalue weighted by atomic mass is 10.1. The number of thiophene rings is 5. The van der Waals surface area contributed by atoms with Crippen LogP contribution < -0.4 is 23.0 Å². The SMILES string of the molecule is N#CC(C#N)=c1cc/c(=C/c2ccc(-c3sc(-c4ccc(/C=c5/ccc(=C(C#N)C#N)s5)s4)c4c3C(=O)N(c3ccccc3)C4=O)s2)s1. The summed E-state index contributed by atoms with van der Waals surface area (Å²) >= 11 is 7.11. The normalized spacial score (nSPS) is 12.8. The van der Waals surface area contributed by atoms with Crippen LogP contribution in [0.25, 0.3) is 42.8 Å². The Labute approximate surface area is 292 Å². The Morgan fingerprint density at radius 3 is 1.44 bits per heavy atom. The maximum atomic E-state index is 14.0. The third kappa shape index (κ3) is 5.51. The zero-order valence-corrected chi connectivity index (χ0v) is 28.3. The van der Waals surface area contributed by atoms with Crippen molar-refractivity contribution in [2.45, 2.75) is 0 Å². The Morgan fingerprint density at radius 1 is 0.542 bits per heavy atom. The van der Waals surface area contributed by atoms with Crippen LogP contribution in [0.1, 0.15) is 30.5 Å². The number of carbonyl (C=O) groups is 2. The molecule has 0 N–H and O–H groups in total. The summed E-state index contributed by atoms with van der Waals surface area (Å²) in [5, 5.41) is 36.9. The first-order valence-electron chi connectivity index (χ1n) is 14.0. The highest BCUT2D eigenvalue weighted by Gasteiger charge is 2.43. The average molecular weight is 710 g/mol. The minimum atomic E-state index is -0.368. The van der Waals surface area contributed by atoms with Crippen LogP contribution in [-0.2, 0) is 0 Å². The summed E-state index contributed by atoms with van der Waals surface area (Å²) in [7, 11) is 0. The van der Waals surface area contributed by atoms with E-state index in [4.69, 9.17) is 0 Å². The number of nitriles is 4. The molecule has 0 fully saturated rings. The first-order valence-corrected chi connectivity index (χ1v) is 18.1. The Hall–Kier alpha value is -5.70. The molecule has 0 atom stereocenters.